The molecule has 0 atom stereocenters. The molecule has 0 radical (unpaired) electrons. The Morgan fingerprint density at radius 2 is 2.00 bits per heavy atom. The molecule has 0 aliphatic rings. The minimum absolute atomic E-state index is 0.0639. The van der Waals surface area contributed by atoms with E-state index in [4.69, 9.17) is 11.6 Å². The van der Waals surface area contributed by atoms with E-state index >= 15 is 0 Å². The number of halogens is 3. The van der Waals surface area contributed by atoms with E-state index in [0.717, 1.165) is 12.1 Å². The first-order valence-electron chi connectivity index (χ1n) is 4.98. The molecule has 1 heterocycles. The number of pyridine rings is 1. The standard InChI is InChI=1S/C11H7BrClFN2O2S/c12-7-1-4-11(15-6-7)16-19(17,18)10-5-8(14)2-3-9(10)13/h1-6H,(H,15,16). The highest BCUT2D eigenvalue weighted by molar-refractivity contribution is 9.10. The molecule has 0 fully saturated rings. The van der Waals surface area contributed by atoms with Crippen LogP contribution in [0.25, 0.3) is 0 Å². The van der Waals surface area contributed by atoms with Crippen molar-refractivity contribution in [2.24, 2.45) is 0 Å². The number of benzene rings is 1. The van der Waals surface area contributed by atoms with E-state index in [0.29, 0.717) is 4.47 Å². The Bertz CT molecular complexity index is 707. The lowest BCUT2D eigenvalue weighted by Gasteiger charge is -2.08. The maximum Gasteiger partial charge on any atom is 0.264 e. The molecule has 0 saturated heterocycles. The predicted molar refractivity (Wildman–Crippen MR) is 74.2 cm³/mol. The Morgan fingerprint density at radius 1 is 1.26 bits per heavy atom. The molecule has 0 aliphatic carbocycles. The average molecular weight is 366 g/mol. The summed E-state index contributed by atoms with van der Waals surface area (Å²) in [6, 6.07) is 6.20. The van der Waals surface area contributed by atoms with Crippen molar-refractivity contribution in [1.29, 1.82) is 0 Å². The second kappa shape index (κ2) is 5.44. The van der Waals surface area contributed by atoms with E-state index in [1.165, 1.54) is 18.3 Å². The number of hydrogen-bond donors (Lipinski definition) is 1. The van der Waals surface area contributed by atoms with E-state index < -0.39 is 15.8 Å². The number of hydrogen-bond acceptors (Lipinski definition) is 3. The van der Waals surface area contributed by atoms with Crippen LogP contribution in [0, 0.1) is 5.82 Å². The summed E-state index contributed by atoms with van der Waals surface area (Å²) in [6.07, 6.45) is 1.44. The van der Waals surface area contributed by atoms with Gasteiger partial charge in [0.05, 0.1) is 5.02 Å². The van der Waals surface area contributed by atoms with Crippen LogP contribution in [0.3, 0.4) is 0 Å². The second-order valence-electron chi connectivity index (χ2n) is 3.54. The zero-order valence-corrected chi connectivity index (χ0v) is 12.4. The Kier molecular flexibility index (Phi) is 4.07. The smallest absolute Gasteiger partial charge is 0.263 e. The highest BCUT2D eigenvalue weighted by atomic mass is 79.9. The Balaban J connectivity index is 2.37. The normalized spacial score (nSPS) is 11.3. The molecule has 19 heavy (non-hydrogen) atoms. The molecule has 1 N–H and O–H groups in total. The first-order valence-corrected chi connectivity index (χ1v) is 7.63. The van der Waals surface area contributed by atoms with Gasteiger partial charge in [0, 0.05) is 10.7 Å². The maximum absolute atomic E-state index is 13.1. The van der Waals surface area contributed by atoms with Crippen molar-refractivity contribution in [3.63, 3.8) is 0 Å². The summed E-state index contributed by atoms with van der Waals surface area (Å²) in [4.78, 5) is 3.53. The minimum Gasteiger partial charge on any atom is -0.263 e. The van der Waals surface area contributed by atoms with E-state index in [9.17, 15) is 12.8 Å². The fourth-order valence-corrected chi connectivity index (χ4v) is 3.07. The number of nitrogens with zero attached hydrogens (tertiary/aromatic N) is 1. The quantitative estimate of drug-likeness (QED) is 0.906. The summed E-state index contributed by atoms with van der Waals surface area (Å²) in [5.41, 5.74) is 0. The Morgan fingerprint density at radius 3 is 2.63 bits per heavy atom. The SMILES string of the molecule is O=S(=O)(Nc1ccc(Br)cn1)c1cc(F)ccc1Cl. The third kappa shape index (κ3) is 3.43. The average Bonchev–Trinajstić information content (AvgIpc) is 2.35. The van der Waals surface area contributed by atoms with Crippen LogP contribution >= 0.6 is 27.5 Å². The third-order valence-corrected chi connectivity index (χ3v) is 4.45. The number of aromatic nitrogens is 1. The lowest BCUT2D eigenvalue weighted by molar-refractivity contribution is 0.595. The lowest BCUT2D eigenvalue weighted by atomic mass is 10.3. The van der Waals surface area contributed by atoms with Crippen LogP contribution in [0.1, 0.15) is 0 Å². The van der Waals surface area contributed by atoms with Crippen LogP contribution < -0.4 is 4.72 Å². The fourth-order valence-electron chi connectivity index (χ4n) is 1.31. The van der Waals surface area contributed by atoms with Gasteiger partial charge >= 0.3 is 0 Å². The van der Waals surface area contributed by atoms with E-state index in [2.05, 4.69) is 25.6 Å². The molecule has 0 aliphatic heterocycles. The summed E-state index contributed by atoms with van der Waals surface area (Å²) >= 11 is 8.94. The number of sulfonamides is 1. The molecule has 2 aromatic rings. The molecule has 4 nitrogen and oxygen atoms in total. The van der Waals surface area contributed by atoms with Crippen molar-refractivity contribution in [2.75, 3.05) is 4.72 Å². The zero-order valence-electron chi connectivity index (χ0n) is 9.27. The van der Waals surface area contributed by atoms with Gasteiger partial charge in [-0.1, -0.05) is 11.6 Å². The van der Waals surface area contributed by atoms with Crippen LogP contribution in [0.15, 0.2) is 45.9 Å². The monoisotopic (exact) mass is 364 g/mol. The highest BCUT2D eigenvalue weighted by Crippen LogP contribution is 2.24. The minimum atomic E-state index is -3.98. The predicted octanol–water partition coefficient (Wildman–Crippen LogP) is 3.44. The summed E-state index contributed by atoms with van der Waals surface area (Å²) in [6.45, 7) is 0. The van der Waals surface area contributed by atoms with Gasteiger partial charge in [0.25, 0.3) is 10.0 Å². The topological polar surface area (TPSA) is 59.1 Å². The van der Waals surface area contributed by atoms with Crippen LogP contribution in [0.5, 0.6) is 0 Å². The molecule has 0 saturated carbocycles. The van der Waals surface area contributed by atoms with Gasteiger partial charge in [-0.05, 0) is 46.3 Å². The van der Waals surface area contributed by atoms with Gasteiger partial charge in [0.1, 0.15) is 16.5 Å². The van der Waals surface area contributed by atoms with E-state index in [1.54, 1.807) is 6.07 Å². The maximum atomic E-state index is 13.1. The molecule has 1 aromatic carbocycles. The third-order valence-electron chi connectivity index (χ3n) is 2.15. The van der Waals surface area contributed by atoms with Crippen molar-refractivity contribution in [3.05, 3.63) is 51.8 Å². The van der Waals surface area contributed by atoms with Gasteiger partial charge in [-0.15, -0.1) is 0 Å². The van der Waals surface area contributed by atoms with Gasteiger partial charge in [0.2, 0.25) is 0 Å². The summed E-state index contributed by atoms with van der Waals surface area (Å²) < 4.78 is 40.1. The second-order valence-corrected chi connectivity index (χ2v) is 6.52. The molecule has 2 rings (SSSR count). The molecular formula is C11H7BrClFN2O2S. The van der Waals surface area contributed by atoms with Gasteiger partial charge < -0.3 is 0 Å². The van der Waals surface area contributed by atoms with Crippen molar-refractivity contribution < 1.29 is 12.8 Å². The van der Waals surface area contributed by atoms with E-state index in [1.807, 2.05) is 0 Å². The van der Waals surface area contributed by atoms with Crippen molar-refractivity contribution in [3.8, 4) is 0 Å². The van der Waals surface area contributed by atoms with Gasteiger partial charge in [-0.3, -0.25) is 4.72 Å². The largest absolute Gasteiger partial charge is 0.264 e. The number of anilines is 1. The Hall–Kier alpha value is -1.18. The van der Waals surface area contributed by atoms with Gasteiger partial charge in [-0.25, -0.2) is 17.8 Å². The molecule has 0 amide bonds. The first-order chi connectivity index (χ1) is 8.88. The molecule has 0 spiro atoms. The molecule has 0 bridgehead atoms. The summed E-state index contributed by atoms with van der Waals surface area (Å²) in [5, 5.41) is -0.0639. The number of rotatable bonds is 3. The van der Waals surface area contributed by atoms with Crippen molar-refractivity contribution in [2.45, 2.75) is 4.90 Å². The Labute approximate surface area is 122 Å². The summed E-state index contributed by atoms with van der Waals surface area (Å²) in [5.74, 6) is -0.572. The van der Waals surface area contributed by atoms with Gasteiger partial charge in [0.15, 0.2) is 0 Å². The molecular weight excluding hydrogens is 359 g/mol. The molecule has 8 heteroatoms. The highest BCUT2D eigenvalue weighted by Gasteiger charge is 2.19. The van der Waals surface area contributed by atoms with Crippen molar-refractivity contribution >= 4 is 43.4 Å². The first kappa shape index (κ1) is 14.2. The van der Waals surface area contributed by atoms with Gasteiger partial charge in [-0.2, -0.15) is 0 Å². The summed E-state index contributed by atoms with van der Waals surface area (Å²) in [7, 11) is -3.98. The van der Waals surface area contributed by atoms with E-state index in [-0.39, 0.29) is 15.7 Å². The zero-order chi connectivity index (χ0) is 14.0. The molecule has 1 aromatic heterocycles. The van der Waals surface area contributed by atoms with Crippen LogP contribution in [0.2, 0.25) is 5.02 Å². The molecule has 0 unspecified atom stereocenters. The number of nitrogens with one attached hydrogen (secondary N) is 1. The molecule has 100 valence electrons. The lowest BCUT2D eigenvalue weighted by Crippen LogP contribution is -2.14. The van der Waals surface area contributed by atoms with Crippen molar-refractivity contribution in [1.82, 2.24) is 4.98 Å². The van der Waals surface area contributed by atoms with Crippen LogP contribution in [-0.4, -0.2) is 13.4 Å². The fraction of sp³-hybridized carbons (Fsp3) is 0. The van der Waals surface area contributed by atoms with Crippen LogP contribution in [0.4, 0.5) is 10.2 Å². The van der Waals surface area contributed by atoms with Crippen LogP contribution in [-0.2, 0) is 10.0 Å².